The minimum atomic E-state index is 0. The molecule has 3 rings (SSSR count). The van der Waals surface area contributed by atoms with E-state index >= 15 is 0 Å². The van der Waals surface area contributed by atoms with Gasteiger partial charge in [-0.2, -0.15) is 5.26 Å². The van der Waals surface area contributed by atoms with E-state index in [2.05, 4.69) is 22.4 Å². The first-order chi connectivity index (χ1) is 9.78. The highest BCUT2D eigenvalue weighted by Gasteiger charge is 2.09. The van der Waals surface area contributed by atoms with Crippen molar-refractivity contribution < 1.29 is 0 Å². The lowest BCUT2D eigenvalue weighted by molar-refractivity contribution is 1.35. The van der Waals surface area contributed by atoms with Gasteiger partial charge in [-0.05, 0) is 31.2 Å². The fourth-order valence-electron chi connectivity index (χ4n) is 2.19. The Morgan fingerprint density at radius 2 is 1.86 bits per heavy atom. The second kappa shape index (κ2) is 6.25. The van der Waals surface area contributed by atoms with Gasteiger partial charge in [-0.1, -0.05) is 29.8 Å². The highest BCUT2D eigenvalue weighted by molar-refractivity contribution is 5.96. The molecule has 3 nitrogen and oxygen atoms in total. The van der Waals surface area contributed by atoms with Crippen LogP contribution in [0, 0.1) is 18.3 Å². The summed E-state index contributed by atoms with van der Waals surface area (Å²) in [4.78, 5) is 4.33. The van der Waals surface area contributed by atoms with E-state index in [4.69, 9.17) is 0 Å². The van der Waals surface area contributed by atoms with Crippen LogP contribution in [0.15, 0.2) is 54.7 Å². The summed E-state index contributed by atoms with van der Waals surface area (Å²) in [7, 11) is 0. The number of benzene rings is 2. The van der Waals surface area contributed by atoms with E-state index in [1.165, 1.54) is 0 Å². The lowest BCUT2D eigenvalue weighted by atomic mass is 10.1. The van der Waals surface area contributed by atoms with Gasteiger partial charge >= 0.3 is 0 Å². The van der Waals surface area contributed by atoms with Gasteiger partial charge in [0, 0.05) is 17.3 Å². The van der Waals surface area contributed by atoms with Crippen molar-refractivity contribution in [2.75, 3.05) is 5.32 Å². The smallest absolute Gasteiger partial charge is 0.103 e. The second-order valence-corrected chi connectivity index (χ2v) is 4.67. The molecule has 0 unspecified atom stereocenters. The molecule has 0 aliphatic carbocycles. The Hall–Kier alpha value is -2.57. The predicted octanol–water partition coefficient (Wildman–Crippen LogP) is 4.58. The molecule has 1 N–H and O–H groups in total. The van der Waals surface area contributed by atoms with Crippen LogP contribution in [0.5, 0.6) is 0 Å². The van der Waals surface area contributed by atoms with Crippen molar-refractivity contribution in [3.8, 4) is 6.07 Å². The maximum atomic E-state index is 9.30. The highest BCUT2D eigenvalue weighted by atomic mass is 35.5. The minimum Gasteiger partial charge on any atom is -0.354 e. The Balaban J connectivity index is 0.00000161. The zero-order valence-corrected chi connectivity index (χ0v) is 12.3. The average molecular weight is 296 g/mol. The summed E-state index contributed by atoms with van der Waals surface area (Å²) in [5.74, 6) is 0. The van der Waals surface area contributed by atoms with Crippen molar-refractivity contribution in [2.24, 2.45) is 0 Å². The van der Waals surface area contributed by atoms with E-state index in [1.807, 2.05) is 49.4 Å². The van der Waals surface area contributed by atoms with Gasteiger partial charge < -0.3 is 5.32 Å². The molecule has 0 saturated heterocycles. The summed E-state index contributed by atoms with van der Waals surface area (Å²) in [6.45, 7) is 2.03. The Morgan fingerprint density at radius 1 is 1.10 bits per heavy atom. The van der Waals surface area contributed by atoms with E-state index in [9.17, 15) is 5.26 Å². The van der Waals surface area contributed by atoms with Gasteiger partial charge in [0.2, 0.25) is 0 Å². The van der Waals surface area contributed by atoms with Crippen LogP contribution in [-0.2, 0) is 0 Å². The quantitative estimate of drug-likeness (QED) is 0.753. The van der Waals surface area contributed by atoms with Gasteiger partial charge in [-0.15, -0.1) is 12.4 Å². The van der Waals surface area contributed by atoms with Gasteiger partial charge in [0.1, 0.15) is 6.07 Å². The Labute approximate surface area is 129 Å². The molecule has 0 fully saturated rings. The molecule has 0 amide bonds. The molecular formula is C17H14ClN3. The zero-order chi connectivity index (χ0) is 13.9. The number of pyridine rings is 1. The van der Waals surface area contributed by atoms with Crippen LogP contribution in [0.4, 0.5) is 11.4 Å². The SMILES string of the molecule is Cc1ccc2ncc(C#N)c(Nc3ccccc3)c2c1.Cl. The number of hydrogen-bond donors (Lipinski definition) is 1. The number of aryl methyl sites for hydroxylation is 1. The first kappa shape index (κ1) is 14.8. The molecule has 2 aromatic carbocycles. The third kappa shape index (κ3) is 2.96. The molecule has 104 valence electrons. The largest absolute Gasteiger partial charge is 0.354 e. The van der Waals surface area contributed by atoms with Crippen LogP contribution >= 0.6 is 12.4 Å². The first-order valence-corrected chi connectivity index (χ1v) is 6.39. The summed E-state index contributed by atoms with van der Waals surface area (Å²) in [6, 6.07) is 18.1. The number of para-hydroxylation sites is 1. The van der Waals surface area contributed by atoms with E-state index in [1.54, 1.807) is 6.20 Å². The highest BCUT2D eigenvalue weighted by Crippen LogP contribution is 2.29. The fraction of sp³-hybridized carbons (Fsp3) is 0.0588. The van der Waals surface area contributed by atoms with Gasteiger partial charge in [0.25, 0.3) is 0 Å². The maximum absolute atomic E-state index is 9.30. The number of rotatable bonds is 2. The molecule has 0 aliphatic rings. The Morgan fingerprint density at radius 3 is 2.57 bits per heavy atom. The number of hydrogen-bond acceptors (Lipinski definition) is 3. The molecule has 0 saturated carbocycles. The standard InChI is InChI=1S/C17H13N3.ClH/c1-12-7-8-16-15(9-12)17(13(10-18)11-19-16)20-14-5-3-2-4-6-14;/h2-9,11H,1H3,(H,19,20);1H. The minimum absolute atomic E-state index is 0. The van der Waals surface area contributed by atoms with Gasteiger partial charge in [0.05, 0.1) is 16.8 Å². The zero-order valence-electron chi connectivity index (χ0n) is 11.5. The maximum Gasteiger partial charge on any atom is 0.103 e. The van der Waals surface area contributed by atoms with Gasteiger partial charge in [-0.3, -0.25) is 4.98 Å². The number of nitrogens with one attached hydrogen (secondary N) is 1. The average Bonchev–Trinajstić information content (AvgIpc) is 2.49. The number of nitrogens with zero attached hydrogens (tertiary/aromatic N) is 2. The number of fused-ring (bicyclic) bond motifs is 1. The van der Waals surface area contributed by atoms with Crippen LogP contribution in [0.1, 0.15) is 11.1 Å². The normalized spacial score (nSPS) is 9.71. The number of nitriles is 1. The van der Waals surface area contributed by atoms with Crippen LogP contribution in [-0.4, -0.2) is 4.98 Å². The number of aromatic nitrogens is 1. The van der Waals surface area contributed by atoms with E-state index in [0.29, 0.717) is 5.56 Å². The monoisotopic (exact) mass is 295 g/mol. The lowest BCUT2D eigenvalue weighted by Crippen LogP contribution is -1.96. The van der Waals surface area contributed by atoms with Gasteiger partial charge in [-0.25, -0.2) is 0 Å². The van der Waals surface area contributed by atoms with Crippen molar-refractivity contribution in [1.29, 1.82) is 5.26 Å². The lowest BCUT2D eigenvalue weighted by Gasteiger charge is -2.11. The molecule has 0 atom stereocenters. The summed E-state index contributed by atoms with van der Waals surface area (Å²) < 4.78 is 0. The van der Waals surface area contributed by atoms with Crippen molar-refractivity contribution in [2.45, 2.75) is 6.92 Å². The van der Waals surface area contributed by atoms with Crippen molar-refractivity contribution in [3.05, 3.63) is 65.9 Å². The molecule has 1 aromatic heterocycles. The van der Waals surface area contributed by atoms with E-state index in [-0.39, 0.29) is 12.4 Å². The summed E-state index contributed by atoms with van der Waals surface area (Å²) >= 11 is 0. The van der Waals surface area contributed by atoms with Crippen molar-refractivity contribution >= 4 is 34.7 Å². The molecule has 1 heterocycles. The number of halogens is 1. The fourth-order valence-corrected chi connectivity index (χ4v) is 2.19. The molecule has 0 spiro atoms. The van der Waals surface area contributed by atoms with E-state index in [0.717, 1.165) is 27.8 Å². The predicted molar refractivity (Wildman–Crippen MR) is 88.2 cm³/mol. The molecule has 0 radical (unpaired) electrons. The van der Waals surface area contributed by atoms with Crippen LogP contribution in [0.25, 0.3) is 10.9 Å². The van der Waals surface area contributed by atoms with Crippen molar-refractivity contribution in [1.82, 2.24) is 4.98 Å². The Bertz CT molecular complexity index is 807. The second-order valence-electron chi connectivity index (χ2n) is 4.67. The molecule has 3 aromatic rings. The van der Waals surface area contributed by atoms with Crippen LogP contribution in [0.2, 0.25) is 0 Å². The van der Waals surface area contributed by atoms with Crippen LogP contribution in [0.3, 0.4) is 0 Å². The number of anilines is 2. The third-order valence-corrected chi connectivity index (χ3v) is 3.19. The molecular weight excluding hydrogens is 282 g/mol. The van der Waals surface area contributed by atoms with E-state index < -0.39 is 0 Å². The Kier molecular flexibility index (Phi) is 4.42. The summed E-state index contributed by atoms with van der Waals surface area (Å²) in [5, 5.41) is 13.6. The van der Waals surface area contributed by atoms with Crippen molar-refractivity contribution in [3.63, 3.8) is 0 Å². The van der Waals surface area contributed by atoms with Crippen LogP contribution < -0.4 is 5.32 Å². The molecule has 0 bridgehead atoms. The molecule has 4 heteroatoms. The topological polar surface area (TPSA) is 48.7 Å². The van der Waals surface area contributed by atoms with Gasteiger partial charge in [0.15, 0.2) is 0 Å². The molecule has 21 heavy (non-hydrogen) atoms. The third-order valence-electron chi connectivity index (χ3n) is 3.19. The summed E-state index contributed by atoms with van der Waals surface area (Å²) in [5.41, 5.74) is 4.34. The summed E-state index contributed by atoms with van der Waals surface area (Å²) in [6.07, 6.45) is 1.61. The first-order valence-electron chi connectivity index (χ1n) is 6.39. The molecule has 0 aliphatic heterocycles.